The van der Waals surface area contributed by atoms with Gasteiger partial charge in [0.2, 0.25) is 0 Å². The molecule has 1 rings (SSSR count). The van der Waals surface area contributed by atoms with E-state index in [0.29, 0.717) is 5.69 Å². The van der Waals surface area contributed by atoms with Crippen LogP contribution in [-0.4, -0.2) is 18.9 Å². The quantitative estimate of drug-likeness (QED) is 0.335. The molecular weight excluding hydrogens is 218 g/mol. The molecule has 0 unspecified atom stereocenters. The number of nitrogens with one attached hydrogen (secondary N) is 2. The Labute approximate surface area is 87.4 Å². The van der Waals surface area contributed by atoms with Crippen LogP contribution >= 0.6 is 0 Å². The fourth-order valence-corrected chi connectivity index (χ4v) is 1.55. The first kappa shape index (κ1) is 11.5. The van der Waals surface area contributed by atoms with E-state index in [0.717, 1.165) is 5.56 Å². The molecule has 0 aliphatic carbocycles. The molecule has 1 aromatic carbocycles. The van der Waals surface area contributed by atoms with Gasteiger partial charge in [-0.1, -0.05) is 6.07 Å². The molecule has 0 saturated carbocycles. The largest absolute Gasteiger partial charge is 0.370 e. The van der Waals surface area contributed by atoms with E-state index in [2.05, 4.69) is 5.32 Å². The third-order valence-corrected chi connectivity index (χ3v) is 2.63. The lowest BCUT2D eigenvalue weighted by Crippen LogP contribution is -2.21. The average molecular weight is 229 g/mol. The molecule has 0 heterocycles. The molecule has 0 bridgehead atoms. The number of benzene rings is 1. The number of hydrogen-bond donors (Lipinski definition) is 4. The molecular formula is C8H11N3O3S. The van der Waals surface area contributed by atoms with Gasteiger partial charge in [-0.3, -0.25) is 9.96 Å². The van der Waals surface area contributed by atoms with Crippen molar-refractivity contribution < 1.29 is 13.0 Å². The molecule has 0 aliphatic heterocycles. The number of nitrogens with two attached hydrogens (primary N) is 1. The van der Waals surface area contributed by atoms with Crippen molar-refractivity contribution in [3.8, 4) is 0 Å². The van der Waals surface area contributed by atoms with Crippen molar-refractivity contribution in [1.82, 2.24) is 0 Å². The Kier molecular flexibility index (Phi) is 2.96. The zero-order chi connectivity index (χ0) is 11.6. The van der Waals surface area contributed by atoms with E-state index in [9.17, 15) is 8.42 Å². The molecule has 5 N–H and O–H groups in total. The number of aryl methyl sites for hydroxylation is 1. The Balaban J connectivity index is 3.23. The molecule has 0 fully saturated rings. The molecule has 15 heavy (non-hydrogen) atoms. The van der Waals surface area contributed by atoms with Gasteiger partial charge >= 0.3 is 0 Å². The van der Waals surface area contributed by atoms with Gasteiger partial charge in [-0.25, -0.2) is 0 Å². The summed E-state index contributed by atoms with van der Waals surface area (Å²) in [4.78, 5) is -0.239. The molecule has 0 radical (unpaired) electrons. The van der Waals surface area contributed by atoms with Crippen LogP contribution in [0.15, 0.2) is 23.1 Å². The lowest BCUT2D eigenvalue weighted by molar-refractivity contribution is 0.483. The minimum absolute atomic E-state index is 0.239. The highest BCUT2D eigenvalue weighted by atomic mass is 32.2. The van der Waals surface area contributed by atoms with Crippen LogP contribution in [0.4, 0.5) is 5.69 Å². The lowest BCUT2D eigenvalue weighted by Gasteiger charge is -2.08. The molecule has 0 aromatic heterocycles. The van der Waals surface area contributed by atoms with Gasteiger partial charge in [-0.2, -0.15) is 8.42 Å². The molecule has 7 heteroatoms. The molecule has 1 aromatic rings. The van der Waals surface area contributed by atoms with E-state index < -0.39 is 10.1 Å². The summed E-state index contributed by atoms with van der Waals surface area (Å²) in [5.74, 6) is -0.300. The fourth-order valence-electron chi connectivity index (χ4n) is 1.04. The summed E-state index contributed by atoms with van der Waals surface area (Å²) in [6.45, 7) is 1.72. The van der Waals surface area contributed by atoms with E-state index in [1.807, 2.05) is 0 Å². The van der Waals surface area contributed by atoms with Gasteiger partial charge in [0.15, 0.2) is 5.96 Å². The summed E-state index contributed by atoms with van der Waals surface area (Å²) < 4.78 is 30.4. The van der Waals surface area contributed by atoms with Crippen LogP contribution in [0.25, 0.3) is 0 Å². The highest BCUT2D eigenvalue weighted by Gasteiger charge is 2.11. The topological polar surface area (TPSA) is 116 Å². The zero-order valence-electron chi connectivity index (χ0n) is 7.98. The maximum Gasteiger partial charge on any atom is 0.294 e. The van der Waals surface area contributed by atoms with Gasteiger partial charge in [0.25, 0.3) is 10.1 Å². The summed E-state index contributed by atoms with van der Waals surface area (Å²) in [6.07, 6.45) is 0. The number of hydrogen-bond acceptors (Lipinski definition) is 3. The van der Waals surface area contributed by atoms with Crippen LogP contribution in [0.5, 0.6) is 0 Å². The maximum atomic E-state index is 10.8. The minimum Gasteiger partial charge on any atom is -0.370 e. The van der Waals surface area contributed by atoms with Gasteiger partial charge in [0, 0.05) is 5.69 Å². The number of rotatable bonds is 2. The van der Waals surface area contributed by atoms with Crippen LogP contribution < -0.4 is 11.1 Å². The van der Waals surface area contributed by atoms with Gasteiger partial charge in [-0.15, -0.1) is 0 Å². The third kappa shape index (κ3) is 2.93. The molecule has 0 saturated heterocycles. The van der Waals surface area contributed by atoms with Crippen LogP contribution in [0.3, 0.4) is 0 Å². The Morgan fingerprint density at radius 2 is 2.13 bits per heavy atom. The summed E-state index contributed by atoms with van der Waals surface area (Å²) in [5.41, 5.74) is 6.21. The zero-order valence-corrected chi connectivity index (χ0v) is 8.80. The first-order valence-corrected chi connectivity index (χ1v) is 5.44. The monoisotopic (exact) mass is 229 g/mol. The van der Waals surface area contributed by atoms with Gasteiger partial charge in [-0.05, 0) is 24.6 Å². The second-order valence-corrected chi connectivity index (χ2v) is 4.41. The summed E-state index contributed by atoms with van der Waals surface area (Å²) in [6, 6.07) is 4.00. The molecule has 0 atom stereocenters. The SMILES string of the molecule is Cc1ccc(S(=O)(=O)O)cc1NC(=N)N. The van der Waals surface area contributed by atoms with Crippen molar-refractivity contribution >= 4 is 21.8 Å². The molecule has 0 aliphatic rings. The second kappa shape index (κ2) is 3.87. The van der Waals surface area contributed by atoms with Gasteiger partial charge < -0.3 is 11.1 Å². The van der Waals surface area contributed by atoms with Crippen molar-refractivity contribution in [3.05, 3.63) is 23.8 Å². The third-order valence-electron chi connectivity index (χ3n) is 1.78. The first-order chi connectivity index (χ1) is 6.80. The minimum atomic E-state index is -4.23. The smallest absolute Gasteiger partial charge is 0.294 e. The van der Waals surface area contributed by atoms with Crippen LogP contribution in [0, 0.1) is 12.3 Å². The number of guanidine groups is 1. The van der Waals surface area contributed by atoms with Gasteiger partial charge in [0.1, 0.15) is 0 Å². The van der Waals surface area contributed by atoms with Crippen LogP contribution in [0.2, 0.25) is 0 Å². The lowest BCUT2D eigenvalue weighted by atomic mass is 10.2. The van der Waals surface area contributed by atoms with Crippen LogP contribution in [0.1, 0.15) is 5.56 Å². The standard InChI is InChI=1S/C8H11N3O3S/c1-5-2-3-6(15(12,13)14)4-7(5)11-8(9)10/h2-4H,1H3,(H4,9,10,11)(H,12,13,14). The normalized spacial score (nSPS) is 11.1. The van der Waals surface area contributed by atoms with E-state index in [1.165, 1.54) is 18.2 Å². The van der Waals surface area contributed by atoms with Crippen molar-refractivity contribution in [2.75, 3.05) is 5.32 Å². The van der Waals surface area contributed by atoms with Crippen molar-refractivity contribution in [2.24, 2.45) is 5.73 Å². The average Bonchev–Trinajstić information content (AvgIpc) is 2.06. The summed E-state index contributed by atoms with van der Waals surface area (Å²) in [5, 5.41) is 9.48. The van der Waals surface area contributed by atoms with E-state index in [4.69, 9.17) is 15.7 Å². The fraction of sp³-hybridized carbons (Fsp3) is 0.125. The van der Waals surface area contributed by atoms with E-state index >= 15 is 0 Å². The van der Waals surface area contributed by atoms with Crippen molar-refractivity contribution in [2.45, 2.75) is 11.8 Å². The van der Waals surface area contributed by atoms with Crippen molar-refractivity contribution in [1.29, 1.82) is 5.41 Å². The second-order valence-electron chi connectivity index (χ2n) is 2.99. The van der Waals surface area contributed by atoms with E-state index in [1.54, 1.807) is 6.92 Å². The Hall–Kier alpha value is -1.60. The maximum absolute atomic E-state index is 10.8. The Morgan fingerprint density at radius 1 is 1.53 bits per heavy atom. The molecule has 6 nitrogen and oxygen atoms in total. The Morgan fingerprint density at radius 3 is 2.60 bits per heavy atom. The predicted octanol–water partition coefficient (Wildman–Crippen LogP) is 0.547. The van der Waals surface area contributed by atoms with Crippen LogP contribution in [-0.2, 0) is 10.1 Å². The predicted molar refractivity (Wildman–Crippen MR) is 56.5 cm³/mol. The Bertz CT molecular complexity index is 496. The molecule has 0 spiro atoms. The van der Waals surface area contributed by atoms with Crippen molar-refractivity contribution in [3.63, 3.8) is 0 Å². The summed E-state index contributed by atoms with van der Waals surface area (Å²) >= 11 is 0. The highest BCUT2D eigenvalue weighted by molar-refractivity contribution is 7.85. The van der Waals surface area contributed by atoms with Gasteiger partial charge in [0.05, 0.1) is 4.90 Å². The first-order valence-electron chi connectivity index (χ1n) is 4.00. The number of anilines is 1. The molecule has 82 valence electrons. The molecule has 0 amide bonds. The highest BCUT2D eigenvalue weighted by Crippen LogP contribution is 2.19. The summed E-state index contributed by atoms with van der Waals surface area (Å²) in [7, 11) is -4.23. The van der Waals surface area contributed by atoms with E-state index in [-0.39, 0.29) is 10.9 Å².